The van der Waals surface area contributed by atoms with E-state index in [1.54, 1.807) is 6.92 Å². The quantitative estimate of drug-likeness (QED) is 0.385. The van der Waals surface area contributed by atoms with Crippen molar-refractivity contribution in [1.29, 1.82) is 0 Å². The van der Waals surface area contributed by atoms with Gasteiger partial charge in [0.2, 0.25) is 0 Å². The van der Waals surface area contributed by atoms with Gasteiger partial charge < -0.3 is 10.1 Å². The van der Waals surface area contributed by atoms with Gasteiger partial charge in [-0.2, -0.15) is 0 Å². The van der Waals surface area contributed by atoms with Crippen molar-refractivity contribution < 1.29 is 14.3 Å². The Bertz CT molecular complexity index is 1050. The van der Waals surface area contributed by atoms with Gasteiger partial charge in [-0.15, -0.1) is 11.3 Å². The Morgan fingerprint density at radius 2 is 1.70 bits per heavy atom. The van der Waals surface area contributed by atoms with Crippen LogP contribution in [0.2, 0.25) is 0 Å². The summed E-state index contributed by atoms with van der Waals surface area (Å²) in [6, 6.07) is 18.5. The average Bonchev–Trinajstić information content (AvgIpc) is 3.35. The zero-order chi connectivity index (χ0) is 20.9. The topological polar surface area (TPSA) is 55.4 Å². The lowest BCUT2D eigenvalue weighted by molar-refractivity contribution is 0.102. The Labute approximate surface area is 180 Å². The molecule has 0 fully saturated rings. The van der Waals surface area contributed by atoms with Crippen LogP contribution in [0.25, 0.3) is 17.2 Å². The number of ketones is 1. The molecule has 4 nitrogen and oxygen atoms in total. The lowest BCUT2D eigenvalue weighted by Crippen LogP contribution is -2.26. The monoisotopic (exact) mass is 417 g/mol. The highest BCUT2D eigenvalue weighted by atomic mass is 32.1. The number of nitrogens with one attached hydrogen (secondary N) is 1. The summed E-state index contributed by atoms with van der Waals surface area (Å²) in [5.74, 6) is 0.132. The first-order chi connectivity index (χ1) is 14.6. The van der Waals surface area contributed by atoms with Crippen molar-refractivity contribution >= 4 is 29.3 Å². The van der Waals surface area contributed by atoms with Gasteiger partial charge in [0.05, 0.1) is 4.88 Å². The molecule has 152 valence electrons. The second-order valence-corrected chi connectivity index (χ2v) is 8.12. The molecule has 0 saturated heterocycles. The second-order valence-electron chi connectivity index (χ2n) is 7.20. The fourth-order valence-corrected chi connectivity index (χ4v) is 4.64. The predicted octanol–water partition coefficient (Wildman–Crippen LogP) is 5.89. The molecule has 0 unspecified atom stereocenters. The fraction of sp³-hybridized carbons (Fsp3) is 0.200. The first-order valence-corrected chi connectivity index (χ1v) is 10.9. The van der Waals surface area contributed by atoms with Crippen LogP contribution in [0.3, 0.4) is 0 Å². The van der Waals surface area contributed by atoms with Crippen LogP contribution in [-0.4, -0.2) is 25.0 Å². The zero-order valence-electron chi connectivity index (χ0n) is 16.8. The molecule has 1 aliphatic carbocycles. The summed E-state index contributed by atoms with van der Waals surface area (Å²) in [5.41, 5.74) is 5.75. The third-order valence-corrected chi connectivity index (χ3v) is 6.27. The molecule has 3 aromatic rings. The number of amides is 1. The highest BCUT2D eigenvalue weighted by Crippen LogP contribution is 2.44. The fourth-order valence-electron chi connectivity index (χ4n) is 3.85. The molecule has 1 aromatic heterocycles. The standard InChI is InChI=1S/C25H23NO3S/c1-17(27)24-18(13-15-30-24)8-6-7-14-26-25(28)29-16-23-21-11-4-2-9-19(21)20-10-3-5-12-22(20)23/h2-6,8-13,15,23H,7,14,16H2,1H3,(H,26,28). The molecular weight excluding hydrogens is 394 g/mol. The summed E-state index contributed by atoms with van der Waals surface area (Å²) in [5, 5.41) is 4.70. The molecule has 0 bridgehead atoms. The lowest BCUT2D eigenvalue weighted by Gasteiger charge is -2.14. The van der Waals surface area contributed by atoms with E-state index in [0.717, 1.165) is 10.4 Å². The number of ether oxygens (including phenoxy) is 1. The van der Waals surface area contributed by atoms with Crippen LogP contribution in [0, 0.1) is 0 Å². The number of fused-ring (bicyclic) bond motifs is 3. The summed E-state index contributed by atoms with van der Waals surface area (Å²) < 4.78 is 5.53. The average molecular weight is 418 g/mol. The Morgan fingerprint density at radius 3 is 2.37 bits per heavy atom. The van der Waals surface area contributed by atoms with E-state index >= 15 is 0 Å². The zero-order valence-corrected chi connectivity index (χ0v) is 17.6. The molecule has 5 heteroatoms. The molecule has 1 aliphatic rings. The van der Waals surface area contributed by atoms with Gasteiger partial charge in [-0.05, 0) is 52.6 Å². The molecule has 1 heterocycles. The molecule has 0 aliphatic heterocycles. The van der Waals surface area contributed by atoms with Gasteiger partial charge in [-0.1, -0.05) is 60.7 Å². The third kappa shape index (κ3) is 4.21. The molecule has 0 saturated carbocycles. The van der Waals surface area contributed by atoms with Crippen molar-refractivity contribution in [2.45, 2.75) is 19.3 Å². The number of hydrogen-bond donors (Lipinski definition) is 1. The van der Waals surface area contributed by atoms with E-state index in [1.807, 2.05) is 47.9 Å². The lowest BCUT2D eigenvalue weighted by atomic mass is 9.98. The van der Waals surface area contributed by atoms with Crippen molar-refractivity contribution in [3.63, 3.8) is 0 Å². The number of Topliss-reactive ketones (excluding diaryl/α,β-unsaturated/α-hetero) is 1. The summed E-state index contributed by atoms with van der Waals surface area (Å²) in [6.07, 6.45) is 4.13. The first kappa shape index (κ1) is 20.1. The van der Waals surface area contributed by atoms with Crippen molar-refractivity contribution in [3.05, 3.63) is 87.6 Å². The minimum atomic E-state index is -0.412. The Morgan fingerprint density at radius 1 is 1.03 bits per heavy atom. The van der Waals surface area contributed by atoms with Crippen molar-refractivity contribution in [1.82, 2.24) is 5.32 Å². The third-order valence-electron chi connectivity index (χ3n) is 5.24. The van der Waals surface area contributed by atoms with Gasteiger partial charge in [-0.25, -0.2) is 4.79 Å². The summed E-state index contributed by atoms with van der Waals surface area (Å²) in [4.78, 5) is 24.5. The number of carbonyl (C=O) groups is 2. The Hall–Kier alpha value is -3.18. The van der Waals surface area contributed by atoms with Crippen molar-refractivity contribution in [3.8, 4) is 11.1 Å². The second kappa shape index (κ2) is 9.09. The maximum Gasteiger partial charge on any atom is 0.407 e. The molecule has 1 amide bonds. The highest BCUT2D eigenvalue weighted by Gasteiger charge is 2.28. The van der Waals surface area contributed by atoms with Crippen molar-refractivity contribution in [2.75, 3.05) is 13.2 Å². The first-order valence-electron chi connectivity index (χ1n) is 9.99. The number of benzene rings is 2. The van der Waals surface area contributed by atoms with Crippen molar-refractivity contribution in [2.24, 2.45) is 0 Å². The van der Waals surface area contributed by atoms with E-state index in [1.165, 1.54) is 33.6 Å². The van der Waals surface area contributed by atoms with E-state index in [-0.39, 0.29) is 11.7 Å². The number of alkyl carbamates (subject to hydrolysis) is 1. The molecule has 30 heavy (non-hydrogen) atoms. The van der Waals surface area contributed by atoms with Crippen LogP contribution in [-0.2, 0) is 4.74 Å². The number of carbonyl (C=O) groups excluding carboxylic acids is 2. The summed E-state index contributed by atoms with van der Waals surface area (Å²) in [7, 11) is 0. The van der Waals surface area contributed by atoms with Gasteiger partial charge >= 0.3 is 6.09 Å². The number of thiophene rings is 1. The van der Waals surface area contributed by atoms with E-state index in [0.29, 0.717) is 19.6 Å². The molecule has 0 spiro atoms. The normalized spacial score (nSPS) is 12.6. The number of rotatable bonds is 7. The minimum absolute atomic E-state index is 0.0617. The maximum absolute atomic E-state index is 12.2. The van der Waals surface area contributed by atoms with Gasteiger partial charge in [0.25, 0.3) is 0 Å². The van der Waals surface area contributed by atoms with Crippen LogP contribution in [0.1, 0.15) is 45.6 Å². The van der Waals surface area contributed by atoms with Gasteiger partial charge in [0, 0.05) is 12.5 Å². The smallest absolute Gasteiger partial charge is 0.407 e. The Kier molecular flexibility index (Phi) is 6.10. The van der Waals surface area contributed by atoms with Crippen LogP contribution >= 0.6 is 11.3 Å². The van der Waals surface area contributed by atoms with Gasteiger partial charge in [0.1, 0.15) is 6.61 Å². The Balaban J connectivity index is 1.28. The molecule has 2 aromatic carbocycles. The number of hydrogen-bond acceptors (Lipinski definition) is 4. The van der Waals surface area contributed by atoms with Crippen LogP contribution in [0.15, 0.2) is 66.1 Å². The summed E-state index contributed by atoms with van der Waals surface area (Å²) in [6.45, 7) is 2.36. The molecule has 1 N–H and O–H groups in total. The van der Waals surface area contributed by atoms with E-state index in [2.05, 4.69) is 29.6 Å². The van der Waals surface area contributed by atoms with E-state index in [9.17, 15) is 9.59 Å². The molecule has 0 radical (unpaired) electrons. The molecular formula is C25H23NO3S. The predicted molar refractivity (Wildman–Crippen MR) is 121 cm³/mol. The van der Waals surface area contributed by atoms with Gasteiger partial charge in [-0.3, -0.25) is 4.79 Å². The maximum atomic E-state index is 12.2. The molecule has 4 rings (SSSR count). The largest absolute Gasteiger partial charge is 0.449 e. The SMILES string of the molecule is CC(=O)c1sccc1C=CCCNC(=O)OCC1c2ccccc2-c2ccccc21. The van der Waals surface area contributed by atoms with Crippen LogP contribution in [0.4, 0.5) is 4.79 Å². The van der Waals surface area contributed by atoms with Crippen LogP contribution < -0.4 is 5.32 Å². The minimum Gasteiger partial charge on any atom is -0.449 e. The van der Waals surface area contributed by atoms with Gasteiger partial charge in [0.15, 0.2) is 5.78 Å². The van der Waals surface area contributed by atoms with E-state index in [4.69, 9.17) is 4.74 Å². The summed E-state index contributed by atoms with van der Waals surface area (Å²) >= 11 is 1.44. The van der Waals surface area contributed by atoms with E-state index < -0.39 is 6.09 Å². The molecule has 0 atom stereocenters. The highest BCUT2D eigenvalue weighted by molar-refractivity contribution is 7.12. The van der Waals surface area contributed by atoms with Crippen LogP contribution in [0.5, 0.6) is 0 Å².